The van der Waals surface area contributed by atoms with Gasteiger partial charge in [-0.15, -0.1) is 0 Å². The van der Waals surface area contributed by atoms with E-state index in [1.54, 1.807) is 0 Å². The van der Waals surface area contributed by atoms with Crippen LogP contribution in [0.15, 0.2) is 10.7 Å². The summed E-state index contributed by atoms with van der Waals surface area (Å²) >= 11 is 5.58. The maximum Gasteiger partial charge on any atom is 0.224 e. The molecule has 1 aliphatic rings. The van der Waals surface area contributed by atoms with Crippen molar-refractivity contribution in [1.82, 2.24) is 9.97 Å². The van der Waals surface area contributed by atoms with Crippen molar-refractivity contribution < 1.29 is 0 Å². The summed E-state index contributed by atoms with van der Waals surface area (Å²) in [7, 11) is 0. The van der Waals surface area contributed by atoms with Gasteiger partial charge < -0.3 is 10.6 Å². The second-order valence-electron chi connectivity index (χ2n) is 4.60. The Bertz CT molecular complexity index is 416. The second-order valence-corrected chi connectivity index (χ2v) is 6.97. The van der Waals surface area contributed by atoms with Crippen LogP contribution in [0.5, 0.6) is 0 Å². The van der Waals surface area contributed by atoms with Crippen LogP contribution in [-0.2, 0) is 0 Å². The Morgan fingerprint density at radius 1 is 1.42 bits per heavy atom. The Morgan fingerprint density at radius 3 is 3.00 bits per heavy atom. The smallest absolute Gasteiger partial charge is 0.224 e. The molecule has 1 aliphatic carbocycles. The molecular weight excluding hydrogens is 324 g/mol. The van der Waals surface area contributed by atoms with Crippen LogP contribution in [0.1, 0.15) is 33.1 Å². The van der Waals surface area contributed by atoms with Crippen LogP contribution in [0.4, 0.5) is 11.8 Å². The summed E-state index contributed by atoms with van der Waals surface area (Å²) in [5, 5.41) is 7.44. The standard InChI is InChI=1S/C13H21BrN4S/c1-3-15-13-16-8-9(14)12(18-13)17-10-6-5-7-11(10)19-4-2/h8,10-11H,3-7H2,1-2H3,(H2,15,16,17,18). The van der Waals surface area contributed by atoms with Gasteiger partial charge in [0.15, 0.2) is 0 Å². The van der Waals surface area contributed by atoms with Gasteiger partial charge in [0, 0.05) is 24.0 Å². The molecule has 2 unspecified atom stereocenters. The van der Waals surface area contributed by atoms with Gasteiger partial charge in [0.25, 0.3) is 0 Å². The van der Waals surface area contributed by atoms with E-state index in [4.69, 9.17) is 0 Å². The van der Waals surface area contributed by atoms with Crippen molar-refractivity contribution in [2.24, 2.45) is 0 Å². The molecule has 0 spiro atoms. The van der Waals surface area contributed by atoms with Gasteiger partial charge in [-0.25, -0.2) is 4.98 Å². The van der Waals surface area contributed by atoms with Crippen LogP contribution < -0.4 is 10.6 Å². The normalized spacial score (nSPS) is 22.5. The molecule has 0 amide bonds. The quantitative estimate of drug-likeness (QED) is 0.822. The number of aromatic nitrogens is 2. The summed E-state index contributed by atoms with van der Waals surface area (Å²) in [6.45, 7) is 5.10. The summed E-state index contributed by atoms with van der Waals surface area (Å²) in [4.78, 5) is 8.77. The monoisotopic (exact) mass is 344 g/mol. The Balaban J connectivity index is 2.06. The average molecular weight is 345 g/mol. The lowest BCUT2D eigenvalue weighted by Crippen LogP contribution is -2.27. The molecule has 1 aromatic rings. The molecule has 1 saturated carbocycles. The van der Waals surface area contributed by atoms with E-state index in [-0.39, 0.29) is 0 Å². The molecule has 2 N–H and O–H groups in total. The minimum atomic E-state index is 0.519. The van der Waals surface area contributed by atoms with E-state index in [9.17, 15) is 0 Å². The maximum absolute atomic E-state index is 4.53. The summed E-state index contributed by atoms with van der Waals surface area (Å²) in [5.74, 6) is 2.77. The Morgan fingerprint density at radius 2 is 2.26 bits per heavy atom. The number of halogens is 1. The molecule has 4 nitrogen and oxygen atoms in total. The van der Waals surface area contributed by atoms with Crippen LogP contribution in [0.2, 0.25) is 0 Å². The zero-order valence-electron chi connectivity index (χ0n) is 11.4. The lowest BCUT2D eigenvalue weighted by molar-refractivity contribution is 0.761. The van der Waals surface area contributed by atoms with Gasteiger partial charge in [-0.1, -0.05) is 13.3 Å². The van der Waals surface area contributed by atoms with E-state index in [1.807, 2.05) is 24.9 Å². The van der Waals surface area contributed by atoms with Crippen molar-refractivity contribution in [2.75, 3.05) is 22.9 Å². The molecule has 19 heavy (non-hydrogen) atoms. The summed E-state index contributed by atoms with van der Waals surface area (Å²) in [6.07, 6.45) is 5.64. The third kappa shape index (κ3) is 3.99. The summed E-state index contributed by atoms with van der Waals surface area (Å²) in [5.41, 5.74) is 0. The lowest BCUT2D eigenvalue weighted by Gasteiger charge is -2.21. The second kappa shape index (κ2) is 7.33. The van der Waals surface area contributed by atoms with E-state index in [1.165, 1.54) is 25.0 Å². The molecule has 0 bridgehead atoms. The highest BCUT2D eigenvalue weighted by Crippen LogP contribution is 2.33. The van der Waals surface area contributed by atoms with Crippen molar-refractivity contribution in [3.63, 3.8) is 0 Å². The predicted molar refractivity (Wildman–Crippen MR) is 87.1 cm³/mol. The van der Waals surface area contributed by atoms with Crippen LogP contribution in [0.25, 0.3) is 0 Å². The molecule has 2 atom stereocenters. The molecule has 2 rings (SSSR count). The van der Waals surface area contributed by atoms with Crippen molar-refractivity contribution in [1.29, 1.82) is 0 Å². The molecule has 1 heterocycles. The minimum Gasteiger partial charge on any atom is -0.365 e. The molecule has 106 valence electrons. The van der Waals surface area contributed by atoms with Gasteiger partial charge in [-0.05, 0) is 41.4 Å². The first-order valence-electron chi connectivity index (χ1n) is 6.89. The van der Waals surface area contributed by atoms with Gasteiger partial charge >= 0.3 is 0 Å². The molecule has 0 radical (unpaired) electrons. The Hall–Kier alpha value is -0.490. The van der Waals surface area contributed by atoms with Crippen molar-refractivity contribution >= 4 is 39.5 Å². The first-order valence-corrected chi connectivity index (χ1v) is 8.73. The largest absolute Gasteiger partial charge is 0.365 e. The zero-order chi connectivity index (χ0) is 13.7. The van der Waals surface area contributed by atoms with Crippen LogP contribution in [0, 0.1) is 0 Å². The highest BCUT2D eigenvalue weighted by molar-refractivity contribution is 9.10. The molecule has 0 aromatic carbocycles. The Labute approximate surface area is 127 Å². The van der Waals surface area contributed by atoms with Crippen LogP contribution in [0.3, 0.4) is 0 Å². The van der Waals surface area contributed by atoms with E-state index in [0.29, 0.717) is 17.2 Å². The maximum atomic E-state index is 4.53. The van der Waals surface area contributed by atoms with Crippen molar-refractivity contribution in [3.05, 3.63) is 10.7 Å². The van der Waals surface area contributed by atoms with Crippen molar-refractivity contribution in [2.45, 2.75) is 44.4 Å². The van der Waals surface area contributed by atoms with Gasteiger partial charge in [-0.3, -0.25) is 0 Å². The highest BCUT2D eigenvalue weighted by Gasteiger charge is 2.27. The summed E-state index contributed by atoms with van der Waals surface area (Å²) in [6, 6.07) is 0.519. The molecule has 1 aromatic heterocycles. The fraction of sp³-hybridized carbons (Fsp3) is 0.692. The average Bonchev–Trinajstić information content (AvgIpc) is 2.82. The van der Waals surface area contributed by atoms with Crippen LogP contribution in [-0.4, -0.2) is 33.6 Å². The lowest BCUT2D eigenvalue weighted by atomic mass is 10.2. The highest BCUT2D eigenvalue weighted by atomic mass is 79.9. The topological polar surface area (TPSA) is 49.8 Å². The predicted octanol–water partition coefficient (Wildman–Crippen LogP) is 3.76. The SMILES string of the molecule is CCNc1ncc(Br)c(NC2CCCC2SCC)n1. The van der Waals surface area contributed by atoms with E-state index in [0.717, 1.165) is 16.8 Å². The third-order valence-electron chi connectivity index (χ3n) is 3.23. The number of rotatable bonds is 6. The van der Waals surface area contributed by atoms with Crippen molar-refractivity contribution in [3.8, 4) is 0 Å². The zero-order valence-corrected chi connectivity index (χ0v) is 13.9. The first-order chi connectivity index (χ1) is 9.24. The fourth-order valence-corrected chi connectivity index (χ4v) is 3.90. The number of hydrogen-bond acceptors (Lipinski definition) is 5. The van der Waals surface area contributed by atoms with Gasteiger partial charge in [0.1, 0.15) is 5.82 Å². The third-order valence-corrected chi connectivity index (χ3v) is 5.14. The van der Waals surface area contributed by atoms with Gasteiger partial charge in [0.05, 0.1) is 4.47 Å². The van der Waals surface area contributed by atoms with Gasteiger partial charge in [0.2, 0.25) is 5.95 Å². The number of anilines is 2. The molecule has 0 saturated heterocycles. The molecule has 1 fully saturated rings. The first kappa shape index (κ1) is 14.9. The van der Waals surface area contributed by atoms with E-state index in [2.05, 4.69) is 43.5 Å². The molecular formula is C13H21BrN4S. The fourth-order valence-electron chi connectivity index (χ4n) is 2.39. The van der Waals surface area contributed by atoms with E-state index >= 15 is 0 Å². The van der Waals surface area contributed by atoms with Crippen LogP contribution >= 0.6 is 27.7 Å². The minimum absolute atomic E-state index is 0.519. The number of thioether (sulfide) groups is 1. The number of nitrogens with one attached hydrogen (secondary N) is 2. The Kier molecular flexibility index (Phi) is 5.76. The molecule has 6 heteroatoms. The van der Waals surface area contributed by atoms with Gasteiger partial charge in [-0.2, -0.15) is 16.7 Å². The molecule has 0 aliphatic heterocycles. The number of hydrogen-bond donors (Lipinski definition) is 2. The van der Waals surface area contributed by atoms with E-state index < -0.39 is 0 Å². The summed E-state index contributed by atoms with van der Waals surface area (Å²) < 4.78 is 0.932. The number of nitrogens with zero attached hydrogens (tertiary/aromatic N) is 2.